The van der Waals surface area contributed by atoms with Gasteiger partial charge in [-0.1, -0.05) is 164 Å². The van der Waals surface area contributed by atoms with E-state index in [-0.39, 0.29) is 0 Å². The predicted molar refractivity (Wildman–Crippen MR) is 283 cm³/mol. The Hall–Kier alpha value is -9.19. The van der Waals surface area contributed by atoms with Crippen LogP contribution in [0, 0.1) is 0 Å². The highest BCUT2D eigenvalue weighted by atomic mass is 16.3. The Bertz CT molecular complexity index is 4410. The molecule has 15 rings (SSSR count). The average Bonchev–Trinajstić information content (AvgIpc) is 3.92. The SMILES string of the molecule is c1ccc2cc3c(cc2c1)c1cc2ccccc2cc1n3-c1cc2c(cc1-c1nc(-c3cc4ccccc4c4ccccc34)nc(-c3cc4ccccc4c4ccccc34)n1)oc1ccccc12. The van der Waals surface area contributed by atoms with Crippen molar-refractivity contribution in [3.63, 3.8) is 0 Å². The van der Waals surface area contributed by atoms with E-state index in [1.54, 1.807) is 0 Å². The van der Waals surface area contributed by atoms with Gasteiger partial charge in [-0.15, -0.1) is 0 Å². The molecule has 0 aliphatic carbocycles. The first-order valence-electron chi connectivity index (χ1n) is 23.1. The molecule has 3 heterocycles. The number of nitrogens with zero attached hydrogens (tertiary/aromatic N) is 4. The molecule has 5 nitrogen and oxygen atoms in total. The Kier molecular flexibility index (Phi) is 7.72. The van der Waals surface area contributed by atoms with Gasteiger partial charge >= 0.3 is 0 Å². The number of furan rings is 1. The molecule has 0 unspecified atom stereocenters. The second kappa shape index (κ2) is 14.2. The fourth-order valence-corrected chi connectivity index (χ4v) is 11.0. The van der Waals surface area contributed by atoms with Crippen LogP contribution in [-0.4, -0.2) is 19.5 Å². The summed E-state index contributed by atoms with van der Waals surface area (Å²) in [6, 6.07) is 78.2. The van der Waals surface area contributed by atoms with E-state index in [0.29, 0.717) is 17.5 Å². The highest BCUT2D eigenvalue weighted by molar-refractivity contribution is 6.19. The lowest BCUT2D eigenvalue weighted by atomic mass is 9.96. The number of aromatic nitrogens is 4. The fourth-order valence-electron chi connectivity index (χ4n) is 11.0. The minimum atomic E-state index is 0.549. The monoisotopic (exact) mass is 864 g/mol. The van der Waals surface area contributed by atoms with Gasteiger partial charge in [-0.3, -0.25) is 0 Å². The smallest absolute Gasteiger partial charge is 0.166 e. The van der Waals surface area contributed by atoms with Crippen molar-refractivity contribution in [3.8, 4) is 39.9 Å². The van der Waals surface area contributed by atoms with Crippen LogP contribution < -0.4 is 0 Å². The van der Waals surface area contributed by atoms with Gasteiger partial charge in [0.15, 0.2) is 17.5 Å². The van der Waals surface area contributed by atoms with Gasteiger partial charge in [-0.25, -0.2) is 15.0 Å². The summed E-state index contributed by atoms with van der Waals surface area (Å²) < 4.78 is 9.17. The molecule has 0 N–H and O–H groups in total. The summed E-state index contributed by atoms with van der Waals surface area (Å²) in [5.74, 6) is 1.74. The van der Waals surface area contributed by atoms with E-state index in [1.165, 1.54) is 43.1 Å². The van der Waals surface area contributed by atoms with E-state index in [0.717, 1.165) is 87.7 Å². The van der Waals surface area contributed by atoms with Gasteiger partial charge in [-0.05, 0) is 119 Å². The summed E-state index contributed by atoms with van der Waals surface area (Å²) in [6.45, 7) is 0. The Labute approximate surface area is 388 Å². The number of hydrogen-bond donors (Lipinski definition) is 0. The van der Waals surface area contributed by atoms with Crippen LogP contribution in [0.4, 0.5) is 0 Å². The van der Waals surface area contributed by atoms with Crippen molar-refractivity contribution in [1.29, 1.82) is 0 Å². The highest BCUT2D eigenvalue weighted by Crippen LogP contribution is 2.44. The average molecular weight is 865 g/mol. The van der Waals surface area contributed by atoms with E-state index < -0.39 is 0 Å². The zero-order chi connectivity index (χ0) is 44.5. The fraction of sp³-hybridized carbons (Fsp3) is 0. The summed E-state index contributed by atoms with van der Waals surface area (Å²) in [5, 5.41) is 18.2. The summed E-state index contributed by atoms with van der Waals surface area (Å²) in [6.07, 6.45) is 0. The third kappa shape index (κ3) is 5.47. The number of benzene rings is 12. The zero-order valence-electron chi connectivity index (χ0n) is 36.5. The maximum atomic E-state index is 6.74. The molecule has 0 aliphatic rings. The van der Waals surface area contributed by atoms with Crippen LogP contribution in [0.25, 0.3) is 148 Å². The van der Waals surface area contributed by atoms with Crippen molar-refractivity contribution in [3.05, 3.63) is 218 Å². The molecule has 3 aromatic heterocycles. The van der Waals surface area contributed by atoms with Crippen LogP contribution >= 0.6 is 0 Å². The van der Waals surface area contributed by atoms with Gasteiger partial charge in [0.1, 0.15) is 11.2 Å². The van der Waals surface area contributed by atoms with Crippen molar-refractivity contribution in [2.45, 2.75) is 0 Å². The molecule has 0 bridgehead atoms. The Balaban J connectivity index is 1.11. The van der Waals surface area contributed by atoms with Gasteiger partial charge in [0, 0.05) is 38.2 Å². The van der Waals surface area contributed by atoms with E-state index in [1.807, 2.05) is 12.1 Å². The minimum absolute atomic E-state index is 0.549. The minimum Gasteiger partial charge on any atom is -0.456 e. The lowest BCUT2D eigenvalue weighted by Crippen LogP contribution is -2.04. The lowest BCUT2D eigenvalue weighted by Gasteiger charge is -2.17. The molecule has 12 aromatic carbocycles. The van der Waals surface area contributed by atoms with Crippen molar-refractivity contribution in [2.24, 2.45) is 0 Å². The van der Waals surface area contributed by atoms with Gasteiger partial charge in [-0.2, -0.15) is 0 Å². The molecule has 15 aromatic rings. The third-order valence-corrected chi connectivity index (χ3v) is 14.1. The number of para-hydroxylation sites is 1. The maximum absolute atomic E-state index is 6.74. The Morgan fingerprint density at radius 2 is 0.662 bits per heavy atom. The van der Waals surface area contributed by atoms with Crippen LogP contribution in [0.15, 0.2) is 223 Å². The molecular weight excluding hydrogens is 829 g/mol. The first-order chi connectivity index (χ1) is 33.7. The van der Waals surface area contributed by atoms with Crippen LogP contribution in [0.5, 0.6) is 0 Å². The van der Waals surface area contributed by atoms with Gasteiger partial charge < -0.3 is 8.98 Å². The van der Waals surface area contributed by atoms with Crippen LogP contribution in [-0.2, 0) is 0 Å². The van der Waals surface area contributed by atoms with Crippen molar-refractivity contribution >= 4 is 108 Å². The van der Waals surface area contributed by atoms with Crippen molar-refractivity contribution in [2.75, 3.05) is 0 Å². The van der Waals surface area contributed by atoms with E-state index in [4.69, 9.17) is 19.4 Å². The van der Waals surface area contributed by atoms with Crippen LogP contribution in [0.1, 0.15) is 0 Å². The molecule has 68 heavy (non-hydrogen) atoms. The van der Waals surface area contributed by atoms with E-state index >= 15 is 0 Å². The maximum Gasteiger partial charge on any atom is 0.166 e. The zero-order valence-corrected chi connectivity index (χ0v) is 36.5. The molecular formula is C63H36N4O. The van der Waals surface area contributed by atoms with E-state index in [9.17, 15) is 0 Å². The van der Waals surface area contributed by atoms with Gasteiger partial charge in [0.25, 0.3) is 0 Å². The summed E-state index contributed by atoms with van der Waals surface area (Å²) in [4.78, 5) is 16.7. The molecule has 0 atom stereocenters. The molecule has 5 heteroatoms. The molecule has 0 saturated heterocycles. The summed E-state index contributed by atoms with van der Waals surface area (Å²) in [5.41, 5.74) is 7.44. The number of fused-ring (bicyclic) bond motifs is 14. The quantitative estimate of drug-likeness (QED) is 0.165. The number of rotatable bonds is 4. The van der Waals surface area contributed by atoms with Gasteiger partial charge in [0.05, 0.1) is 16.7 Å². The van der Waals surface area contributed by atoms with E-state index in [2.05, 4.69) is 211 Å². The predicted octanol–water partition coefficient (Wildman–Crippen LogP) is 16.8. The molecule has 0 aliphatic heterocycles. The lowest BCUT2D eigenvalue weighted by molar-refractivity contribution is 0.669. The standard InChI is InChI=1S/C63H36N4O/c1-3-17-39-33-56-50(29-37(39)15-1)51-30-38-16-2-4-18-40(38)34-57(51)67(56)58-35-52-49-27-13-14-28-59(49)68-60(52)36-55(58)63-65-61(53-31-41-19-5-7-21-43(41)45-23-9-11-25-47(45)53)64-62(66-63)54-32-42-20-6-8-22-44(42)46-24-10-12-26-48(46)54/h1-36H. The topological polar surface area (TPSA) is 56.7 Å². The second-order valence-corrected chi connectivity index (χ2v) is 17.9. The summed E-state index contributed by atoms with van der Waals surface area (Å²) in [7, 11) is 0. The first-order valence-corrected chi connectivity index (χ1v) is 23.1. The van der Waals surface area contributed by atoms with Gasteiger partial charge in [0.2, 0.25) is 0 Å². The Morgan fingerprint density at radius 1 is 0.265 bits per heavy atom. The molecule has 0 spiro atoms. The molecule has 0 saturated carbocycles. The second-order valence-electron chi connectivity index (χ2n) is 17.9. The molecule has 0 fully saturated rings. The van der Waals surface area contributed by atoms with Crippen molar-refractivity contribution < 1.29 is 4.42 Å². The highest BCUT2D eigenvalue weighted by Gasteiger charge is 2.24. The summed E-state index contributed by atoms with van der Waals surface area (Å²) >= 11 is 0. The Morgan fingerprint density at radius 3 is 1.18 bits per heavy atom. The molecule has 0 radical (unpaired) electrons. The molecule has 314 valence electrons. The number of hydrogen-bond acceptors (Lipinski definition) is 4. The third-order valence-electron chi connectivity index (χ3n) is 14.1. The van der Waals surface area contributed by atoms with Crippen LogP contribution in [0.3, 0.4) is 0 Å². The normalized spacial score (nSPS) is 12.1. The first kappa shape index (κ1) is 37.1. The molecule has 0 amide bonds. The van der Waals surface area contributed by atoms with Crippen LogP contribution in [0.2, 0.25) is 0 Å². The largest absolute Gasteiger partial charge is 0.456 e. The van der Waals surface area contributed by atoms with Crippen molar-refractivity contribution in [1.82, 2.24) is 19.5 Å².